The van der Waals surface area contributed by atoms with Gasteiger partial charge in [-0.3, -0.25) is 4.68 Å². The Hall–Kier alpha value is -0.820. The van der Waals surface area contributed by atoms with E-state index in [1.807, 2.05) is 17.7 Å². The van der Waals surface area contributed by atoms with Crippen LogP contribution in [0, 0.1) is 11.3 Å². The largest absolute Gasteiger partial charge is 0.267 e. The molecule has 0 amide bonds. The second-order valence-electron chi connectivity index (χ2n) is 2.39. The Bertz CT molecular complexity index is 322. The molecule has 0 atom stereocenters. The average molecular weight is 228 g/mol. The van der Waals surface area contributed by atoms with E-state index < -0.39 is 0 Å². The number of aryl methyl sites for hydroxylation is 1. The van der Waals surface area contributed by atoms with Crippen LogP contribution in [-0.2, 0) is 13.0 Å². The Morgan fingerprint density at radius 3 is 2.58 bits per heavy atom. The lowest BCUT2D eigenvalue weighted by Gasteiger charge is -1.99. The van der Waals surface area contributed by atoms with Gasteiger partial charge in [-0.1, -0.05) is 6.92 Å². The highest BCUT2D eigenvalue weighted by atomic mass is 79.9. The summed E-state index contributed by atoms with van der Waals surface area (Å²) in [6, 6.07) is 2.05. The van der Waals surface area contributed by atoms with Gasteiger partial charge in [0, 0.05) is 6.54 Å². The monoisotopic (exact) mass is 227 g/mol. The van der Waals surface area contributed by atoms with E-state index >= 15 is 0 Å². The van der Waals surface area contributed by atoms with Crippen LogP contribution in [0.4, 0.5) is 0 Å². The van der Waals surface area contributed by atoms with Gasteiger partial charge >= 0.3 is 0 Å². The first kappa shape index (κ1) is 9.27. The molecule has 4 heteroatoms. The number of hydrogen-bond acceptors (Lipinski definition) is 2. The summed E-state index contributed by atoms with van der Waals surface area (Å²) in [5.41, 5.74) is 1.57. The van der Waals surface area contributed by atoms with Gasteiger partial charge in [-0.15, -0.1) is 0 Å². The van der Waals surface area contributed by atoms with E-state index in [9.17, 15) is 0 Å². The Kier molecular flexibility index (Phi) is 2.88. The summed E-state index contributed by atoms with van der Waals surface area (Å²) in [6.45, 7) is 4.87. The number of nitrogens with zero attached hydrogens (tertiary/aromatic N) is 3. The standard InChI is InChI=1S/C8H10BrN3/c1-3-7-8(9)6(5-10)11-12(7)4-2/h3-4H2,1-2H3. The van der Waals surface area contributed by atoms with E-state index in [4.69, 9.17) is 5.26 Å². The maximum absolute atomic E-state index is 8.69. The molecule has 0 spiro atoms. The lowest BCUT2D eigenvalue weighted by molar-refractivity contribution is 0.623. The number of hydrogen-bond donors (Lipinski definition) is 0. The molecule has 1 aromatic heterocycles. The van der Waals surface area contributed by atoms with Crippen molar-refractivity contribution in [1.29, 1.82) is 5.26 Å². The van der Waals surface area contributed by atoms with Crippen LogP contribution < -0.4 is 0 Å². The predicted octanol–water partition coefficient (Wildman–Crippen LogP) is 2.10. The minimum atomic E-state index is 0.480. The van der Waals surface area contributed by atoms with Gasteiger partial charge in [0.15, 0.2) is 5.69 Å². The van der Waals surface area contributed by atoms with Gasteiger partial charge in [-0.05, 0) is 29.3 Å². The van der Waals surface area contributed by atoms with Crippen molar-refractivity contribution in [1.82, 2.24) is 9.78 Å². The number of rotatable bonds is 2. The maximum atomic E-state index is 8.69. The van der Waals surface area contributed by atoms with Crippen LogP contribution in [0.15, 0.2) is 4.47 Å². The highest BCUT2D eigenvalue weighted by Crippen LogP contribution is 2.21. The summed E-state index contributed by atoms with van der Waals surface area (Å²) < 4.78 is 2.69. The van der Waals surface area contributed by atoms with Gasteiger partial charge in [0.25, 0.3) is 0 Å². The summed E-state index contributed by atoms with van der Waals surface area (Å²) in [5.74, 6) is 0. The first-order valence-electron chi connectivity index (χ1n) is 3.89. The normalized spacial score (nSPS) is 9.83. The fourth-order valence-corrected chi connectivity index (χ4v) is 1.80. The molecule has 0 aromatic carbocycles. The van der Waals surface area contributed by atoms with Gasteiger partial charge in [-0.25, -0.2) is 0 Å². The number of halogens is 1. The van der Waals surface area contributed by atoms with Crippen molar-refractivity contribution in [3.63, 3.8) is 0 Å². The fourth-order valence-electron chi connectivity index (χ4n) is 1.15. The van der Waals surface area contributed by atoms with Crippen molar-refractivity contribution in [2.45, 2.75) is 26.8 Å². The predicted molar refractivity (Wildman–Crippen MR) is 49.7 cm³/mol. The van der Waals surface area contributed by atoms with Crippen LogP contribution in [0.3, 0.4) is 0 Å². The third kappa shape index (κ3) is 1.37. The molecule has 0 unspecified atom stereocenters. The van der Waals surface area contributed by atoms with Gasteiger partial charge in [-0.2, -0.15) is 10.4 Å². The van der Waals surface area contributed by atoms with Crippen molar-refractivity contribution in [2.24, 2.45) is 0 Å². The molecule has 0 aliphatic heterocycles. The molecule has 0 N–H and O–H groups in total. The third-order valence-corrected chi connectivity index (χ3v) is 2.57. The Morgan fingerprint density at radius 1 is 1.58 bits per heavy atom. The van der Waals surface area contributed by atoms with Crippen LogP contribution in [0.1, 0.15) is 25.2 Å². The van der Waals surface area contributed by atoms with E-state index in [-0.39, 0.29) is 0 Å². The molecule has 1 rings (SSSR count). The van der Waals surface area contributed by atoms with E-state index in [2.05, 4.69) is 28.0 Å². The van der Waals surface area contributed by atoms with E-state index in [0.717, 1.165) is 23.1 Å². The molecule has 0 radical (unpaired) electrons. The zero-order chi connectivity index (χ0) is 9.14. The molecule has 3 nitrogen and oxygen atoms in total. The van der Waals surface area contributed by atoms with Crippen molar-refractivity contribution in [3.8, 4) is 6.07 Å². The smallest absolute Gasteiger partial charge is 0.176 e. The molecule has 0 aliphatic rings. The van der Waals surface area contributed by atoms with Crippen molar-refractivity contribution < 1.29 is 0 Å². The Labute approximate surface area is 80.1 Å². The van der Waals surface area contributed by atoms with Crippen molar-refractivity contribution >= 4 is 15.9 Å². The Morgan fingerprint density at radius 2 is 2.25 bits per heavy atom. The van der Waals surface area contributed by atoms with Crippen molar-refractivity contribution in [3.05, 3.63) is 15.9 Å². The van der Waals surface area contributed by atoms with Crippen LogP contribution >= 0.6 is 15.9 Å². The van der Waals surface area contributed by atoms with E-state index in [1.165, 1.54) is 0 Å². The van der Waals surface area contributed by atoms with Gasteiger partial charge < -0.3 is 0 Å². The lowest BCUT2D eigenvalue weighted by atomic mass is 10.3. The summed E-state index contributed by atoms with van der Waals surface area (Å²) in [4.78, 5) is 0. The van der Waals surface area contributed by atoms with Crippen molar-refractivity contribution in [2.75, 3.05) is 0 Å². The van der Waals surface area contributed by atoms with Crippen LogP contribution in [-0.4, -0.2) is 9.78 Å². The summed E-state index contributed by atoms with van der Waals surface area (Å²) in [5, 5.41) is 12.8. The third-order valence-electron chi connectivity index (χ3n) is 1.73. The summed E-state index contributed by atoms with van der Waals surface area (Å²) >= 11 is 3.36. The first-order valence-corrected chi connectivity index (χ1v) is 4.69. The molecule has 0 saturated heterocycles. The fraction of sp³-hybridized carbons (Fsp3) is 0.500. The quantitative estimate of drug-likeness (QED) is 0.777. The van der Waals surface area contributed by atoms with Gasteiger partial charge in [0.05, 0.1) is 10.2 Å². The molecular weight excluding hydrogens is 218 g/mol. The lowest BCUT2D eigenvalue weighted by Crippen LogP contribution is -2.01. The van der Waals surface area contributed by atoms with Crippen LogP contribution in [0.5, 0.6) is 0 Å². The minimum absolute atomic E-state index is 0.480. The molecule has 0 bridgehead atoms. The zero-order valence-corrected chi connectivity index (χ0v) is 8.72. The van der Waals surface area contributed by atoms with Crippen LogP contribution in [0.25, 0.3) is 0 Å². The molecule has 1 heterocycles. The average Bonchev–Trinajstić information content (AvgIpc) is 2.41. The topological polar surface area (TPSA) is 41.6 Å². The van der Waals surface area contributed by atoms with Gasteiger partial charge in [0.1, 0.15) is 6.07 Å². The molecule has 0 saturated carbocycles. The maximum Gasteiger partial charge on any atom is 0.176 e. The first-order chi connectivity index (χ1) is 5.74. The Balaban J connectivity index is 3.25. The van der Waals surface area contributed by atoms with Gasteiger partial charge in [0.2, 0.25) is 0 Å². The number of aromatic nitrogens is 2. The van der Waals surface area contributed by atoms with Crippen LogP contribution in [0.2, 0.25) is 0 Å². The second kappa shape index (κ2) is 3.72. The second-order valence-corrected chi connectivity index (χ2v) is 3.18. The molecular formula is C8H10BrN3. The summed E-state index contributed by atoms with van der Waals surface area (Å²) in [7, 11) is 0. The summed E-state index contributed by atoms with van der Waals surface area (Å²) in [6.07, 6.45) is 0.892. The highest BCUT2D eigenvalue weighted by Gasteiger charge is 2.11. The minimum Gasteiger partial charge on any atom is -0.267 e. The molecule has 12 heavy (non-hydrogen) atoms. The SMILES string of the molecule is CCc1c(Br)c(C#N)nn1CC. The molecule has 0 aliphatic carbocycles. The highest BCUT2D eigenvalue weighted by molar-refractivity contribution is 9.10. The van der Waals surface area contributed by atoms with E-state index in [1.54, 1.807) is 0 Å². The molecule has 1 aromatic rings. The van der Waals surface area contributed by atoms with E-state index in [0.29, 0.717) is 5.69 Å². The molecule has 0 fully saturated rings. The molecule has 64 valence electrons. The zero-order valence-electron chi connectivity index (χ0n) is 7.13. The number of nitriles is 1.